The quantitative estimate of drug-likeness (QED) is 0.804. The molecule has 1 N–H and O–H groups in total. The molecule has 1 aliphatic heterocycles. The maximum Gasteiger partial charge on any atom is 0.281 e. The van der Waals surface area contributed by atoms with Crippen molar-refractivity contribution in [2.75, 3.05) is 40.3 Å². The lowest BCUT2D eigenvalue weighted by Crippen LogP contribution is -2.47. The Morgan fingerprint density at radius 3 is 2.25 bits per heavy atom. The number of nitrogens with zero attached hydrogens (tertiary/aromatic N) is 2. The smallest absolute Gasteiger partial charge is 0.281 e. The molecule has 118 valence electrons. The molecule has 5 nitrogen and oxygen atoms in total. The van der Waals surface area contributed by atoms with Crippen LogP contribution in [-0.4, -0.2) is 57.3 Å². The molecular formula is C14H29N3O2S. The first kappa shape index (κ1) is 16.2. The van der Waals surface area contributed by atoms with E-state index in [1.54, 1.807) is 15.7 Å². The molecule has 1 saturated carbocycles. The van der Waals surface area contributed by atoms with Crippen molar-refractivity contribution in [3.8, 4) is 0 Å². The van der Waals surface area contributed by atoms with Crippen molar-refractivity contribution in [1.29, 1.82) is 0 Å². The van der Waals surface area contributed by atoms with Crippen molar-refractivity contribution < 1.29 is 8.42 Å². The van der Waals surface area contributed by atoms with E-state index in [2.05, 4.69) is 5.32 Å². The van der Waals surface area contributed by atoms with Gasteiger partial charge in [0, 0.05) is 26.7 Å². The van der Waals surface area contributed by atoms with Crippen molar-refractivity contribution in [2.45, 2.75) is 38.5 Å². The summed E-state index contributed by atoms with van der Waals surface area (Å²) in [4.78, 5) is 0. The normalized spacial score (nSPS) is 23.8. The molecule has 20 heavy (non-hydrogen) atoms. The zero-order valence-electron chi connectivity index (χ0n) is 12.8. The highest BCUT2D eigenvalue weighted by Crippen LogP contribution is 2.27. The van der Waals surface area contributed by atoms with Crippen LogP contribution < -0.4 is 5.32 Å². The van der Waals surface area contributed by atoms with Crippen molar-refractivity contribution in [3.63, 3.8) is 0 Å². The molecule has 0 aromatic carbocycles. The summed E-state index contributed by atoms with van der Waals surface area (Å²) in [7, 11) is 0.459. The van der Waals surface area contributed by atoms with E-state index in [0.29, 0.717) is 31.5 Å². The van der Waals surface area contributed by atoms with E-state index in [0.717, 1.165) is 19.4 Å². The Morgan fingerprint density at radius 1 is 1.10 bits per heavy atom. The third-order valence-corrected chi connectivity index (χ3v) is 6.73. The molecule has 0 radical (unpaired) electrons. The highest BCUT2D eigenvalue weighted by molar-refractivity contribution is 7.86. The molecule has 0 amide bonds. The van der Waals surface area contributed by atoms with Gasteiger partial charge < -0.3 is 5.32 Å². The van der Waals surface area contributed by atoms with Crippen LogP contribution in [0.3, 0.4) is 0 Å². The second-order valence-corrected chi connectivity index (χ2v) is 8.37. The van der Waals surface area contributed by atoms with Crippen LogP contribution in [-0.2, 0) is 10.2 Å². The van der Waals surface area contributed by atoms with Crippen molar-refractivity contribution in [1.82, 2.24) is 13.9 Å². The fourth-order valence-electron chi connectivity index (χ4n) is 3.48. The van der Waals surface area contributed by atoms with Gasteiger partial charge >= 0.3 is 0 Å². The van der Waals surface area contributed by atoms with Gasteiger partial charge in [-0.25, -0.2) is 0 Å². The van der Waals surface area contributed by atoms with Gasteiger partial charge in [0.05, 0.1) is 0 Å². The Bertz CT molecular complexity index is 385. The van der Waals surface area contributed by atoms with Gasteiger partial charge in [0.15, 0.2) is 0 Å². The number of hydrogen-bond donors (Lipinski definition) is 1. The molecule has 2 fully saturated rings. The van der Waals surface area contributed by atoms with Crippen LogP contribution in [0.2, 0.25) is 0 Å². The molecular weight excluding hydrogens is 274 g/mol. The van der Waals surface area contributed by atoms with E-state index >= 15 is 0 Å². The van der Waals surface area contributed by atoms with E-state index in [4.69, 9.17) is 0 Å². The van der Waals surface area contributed by atoms with Crippen LogP contribution in [0.4, 0.5) is 0 Å². The largest absolute Gasteiger partial charge is 0.319 e. The average molecular weight is 303 g/mol. The van der Waals surface area contributed by atoms with Crippen LogP contribution in [0.5, 0.6) is 0 Å². The molecule has 0 aromatic rings. The third-order valence-electron chi connectivity index (χ3n) is 4.78. The first-order valence-corrected chi connectivity index (χ1v) is 9.29. The maximum atomic E-state index is 12.6. The lowest BCUT2D eigenvalue weighted by Gasteiger charge is -2.34. The van der Waals surface area contributed by atoms with Crippen LogP contribution in [0.15, 0.2) is 0 Å². The van der Waals surface area contributed by atoms with Crippen LogP contribution in [0, 0.1) is 11.8 Å². The predicted octanol–water partition coefficient (Wildman–Crippen LogP) is 1.28. The Morgan fingerprint density at radius 2 is 1.70 bits per heavy atom. The van der Waals surface area contributed by atoms with Gasteiger partial charge in [-0.05, 0) is 51.1 Å². The summed E-state index contributed by atoms with van der Waals surface area (Å²) in [6, 6.07) is 0. The summed E-state index contributed by atoms with van der Waals surface area (Å²) in [5.74, 6) is 1.18. The Kier molecular flexibility index (Phi) is 5.84. The number of hydrogen-bond acceptors (Lipinski definition) is 3. The summed E-state index contributed by atoms with van der Waals surface area (Å²) in [6.07, 6.45) is 6.82. The second kappa shape index (κ2) is 7.20. The van der Waals surface area contributed by atoms with Gasteiger partial charge in [0.2, 0.25) is 0 Å². The highest BCUT2D eigenvalue weighted by atomic mass is 32.2. The van der Waals surface area contributed by atoms with Gasteiger partial charge in [-0.1, -0.05) is 12.8 Å². The van der Waals surface area contributed by atoms with Gasteiger partial charge in [-0.3, -0.25) is 0 Å². The Labute approximate surface area is 123 Å². The summed E-state index contributed by atoms with van der Waals surface area (Å²) >= 11 is 0. The minimum absolute atomic E-state index is 0.566. The standard InChI is InChI=1S/C14H29N3O2S/c1-15-11-13-7-9-17(10-8-13)20(18,19)16(2)12-14-5-3-4-6-14/h13-15H,3-12H2,1-2H3. The molecule has 2 aliphatic rings. The van der Waals surface area contributed by atoms with Crippen LogP contribution in [0.25, 0.3) is 0 Å². The van der Waals surface area contributed by atoms with Gasteiger partial charge in [-0.2, -0.15) is 17.0 Å². The lowest BCUT2D eigenvalue weighted by molar-refractivity contribution is 0.252. The third kappa shape index (κ3) is 3.93. The van der Waals surface area contributed by atoms with E-state index < -0.39 is 10.2 Å². The van der Waals surface area contributed by atoms with E-state index in [1.807, 2.05) is 7.05 Å². The molecule has 0 aromatic heterocycles. The average Bonchev–Trinajstić information content (AvgIpc) is 2.92. The molecule has 1 saturated heterocycles. The van der Waals surface area contributed by atoms with E-state index in [-0.39, 0.29) is 0 Å². The number of piperidine rings is 1. The molecule has 0 atom stereocenters. The Hall–Kier alpha value is -0.170. The van der Waals surface area contributed by atoms with Gasteiger partial charge in [0.25, 0.3) is 10.2 Å². The zero-order chi connectivity index (χ0) is 14.6. The fourth-order valence-corrected chi connectivity index (χ4v) is 4.95. The van der Waals surface area contributed by atoms with E-state index in [9.17, 15) is 8.42 Å². The highest BCUT2D eigenvalue weighted by Gasteiger charge is 2.32. The number of rotatable bonds is 6. The lowest BCUT2D eigenvalue weighted by atomic mass is 9.98. The summed E-state index contributed by atoms with van der Waals surface area (Å²) in [5, 5.41) is 3.18. The monoisotopic (exact) mass is 303 g/mol. The van der Waals surface area contributed by atoms with Crippen molar-refractivity contribution >= 4 is 10.2 Å². The van der Waals surface area contributed by atoms with Crippen LogP contribution in [0.1, 0.15) is 38.5 Å². The minimum atomic E-state index is -3.24. The van der Waals surface area contributed by atoms with Crippen molar-refractivity contribution in [3.05, 3.63) is 0 Å². The first-order chi connectivity index (χ1) is 9.54. The molecule has 1 heterocycles. The first-order valence-electron chi connectivity index (χ1n) is 7.90. The predicted molar refractivity (Wildman–Crippen MR) is 81.7 cm³/mol. The van der Waals surface area contributed by atoms with Gasteiger partial charge in [-0.15, -0.1) is 0 Å². The number of nitrogens with one attached hydrogen (secondary N) is 1. The summed E-state index contributed by atoms with van der Waals surface area (Å²) < 4.78 is 28.4. The van der Waals surface area contributed by atoms with E-state index in [1.165, 1.54) is 25.7 Å². The zero-order valence-corrected chi connectivity index (χ0v) is 13.7. The van der Waals surface area contributed by atoms with Crippen molar-refractivity contribution in [2.24, 2.45) is 11.8 Å². The topological polar surface area (TPSA) is 52.7 Å². The maximum absolute atomic E-state index is 12.6. The Balaban J connectivity index is 1.86. The van der Waals surface area contributed by atoms with Gasteiger partial charge in [0.1, 0.15) is 0 Å². The SMILES string of the molecule is CNCC1CCN(S(=O)(=O)N(C)CC2CCCC2)CC1. The molecule has 2 rings (SSSR count). The molecule has 0 spiro atoms. The van der Waals surface area contributed by atoms with Crippen LogP contribution >= 0.6 is 0 Å². The molecule has 6 heteroatoms. The molecule has 1 aliphatic carbocycles. The fraction of sp³-hybridized carbons (Fsp3) is 1.00. The molecule has 0 unspecified atom stereocenters. The second-order valence-electron chi connectivity index (χ2n) is 6.34. The summed E-state index contributed by atoms with van der Waals surface area (Å²) in [6.45, 7) is 3.03. The summed E-state index contributed by atoms with van der Waals surface area (Å²) in [5.41, 5.74) is 0. The molecule has 0 bridgehead atoms. The minimum Gasteiger partial charge on any atom is -0.319 e.